The Bertz CT molecular complexity index is 539. The fourth-order valence-corrected chi connectivity index (χ4v) is 1.69. The number of aliphatic carboxylic acids is 1. The zero-order valence-corrected chi connectivity index (χ0v) is 9.93. The number of carbonyl (C=O) groups is 1. The number of fused-ring (bicyclic) bond motifs is 1. The van der Waals surface area contributed by atoms with Crippen molar-refractivity contribution in [2.24, 2.45) is 0 Å². The lowest BCUT2D eigenvalue weighted by atomic mass is 10.1. The van der Waals surface area contributed by atoms with Gasteiger partial charge in [-0.25, -0.2) is 0 Å². The Hall–Kier alpha value is -2.07. The highest BCUT2D eigenvalue weighted by molar-refractivity contribution is 5.83. The molecule has 0 aliphatic carbocycles. The highest BCUT2D eigenvalue weighted by atomic mass is 16.5. The van der Waals surface area contributed by atoms with E-state index < -0.39 is 5.97 Å². The number of benzene rings is 2. The van der Waals surface area contributed by atoms with Crippen LogP contribution >= 0.6 is 0 Å². The molecule has 0 saturated carbocycles. The Morgan fingerprint density at radius 1 is 1.17 bits per heavy atom. The molecule has 18 heavy (non-hydrogen) atoms. The quantitative estimate of drug-likeness (QED) is 0.763. The first kappa shape index (κ1) is 12.4. The van der Waals surface area contributed by atoms with E-state index in [9.17, 15) is 4.79 Å². The van der Waals surface area contributed by atoms with Gasteiger partial charge in [-0.05, 0) is 22.9 Å². The third kappa shape index (κ3) is 3.46. The third-order valence-corrected chi connectivity index (χ3v) is 2.54. The summed E-state index contributed by atoms with van der Waals surface area (Å²) >= 11 is 0. The van der Waals surface area contributed by atoms with Gasteiger partial charge >= 0.3 is 5.97 Å². The van der Waals surface area contributed by atoms with Crippen LogP contribution in [0.2, 0.25) is 0 Å². The first-order valence-electron chi connectivity index (χ1n) is 5.80. The minimum absolute atomic E-state index is 0.0406. The van der Waals surface area contributed by atoms with Gasteiger partial charge < -0.3 is 15.2 Å². The molecule has 0 heterocycles. The highest BCUT2D eigenvalue weighted by Gasteiger charge is 1.98. The molecule has 2 aromatic carbocycles. The minimum Gasteiger partial charge on any atom is -0.492 e. The molecule has 2 aromatic rings. The Morgan fingerprint density at radius 3 is 2.72 bits per heavy atom. The van der Waals surface area contributed by atoms with Gasteiger partial charge in [0.1, 0.15) is 12.4 Å². The maximum absolute atomic E-state index is 10.3. The maximum Gasteiger partial charge on any atom is 0.317 e. The number of ether oxygens (including phenoxy) is 1. The normalized spacial score (nSPS) is 10.4. The summed E-state index contributed by atoms with van der Waals surface area (Å²) in [5.74, 6) is -0.0634. The van der Waals surface area contributed by atoms with E-state index in [0.29, 0.717) is 13.2 Å². The predicted octanol–water partition coefficient (Wildman–Crippen LogP) is 1.89. The molecule has 4 heteroatoms. The lowest BCUT2D eigenvalue weighted by Gasteiger charge is -2.07. The van der Waals surface area contributed by atoms with E-state index in [0.717, 1.165) is 11.1 Å². The summed E-state index contributed by atoms with van der Waals surface area (Å²) in [6.45, 7) is 0.922. The lowest BCUT2D eigenvalue weighted by molar-refractivity contribution is -0.135. The number of hydrogen-bond donors (Lipinski definition) is 2. The molecule has 0 bridgehead atoms. The number of rotatable bonds is 6. The van der Waals surface area contributed by atoms with Gasteiger partial charge in [0.15, 0.2) is 0 Å². The van der Waals surface area contributed by atoms with Crippen LogP contribution in [0.15, 0.2) is 42.5 Å². The van der Waals surface area contributed by atoms with Crippen LogP contribution in [0.5, 0.6) is 5.75 Å². The smallest absolute Gasteiger partial charge is 0.317 e. The third-order valence-electron chi connectivity index (χ3n) is 2.54. The van der Waals surface area contributed by atoms with Gasteiger partial charge in [0.2, 0.25) is 0 Å². The summed E-state index contributed by atoms with van der Waals surface area (Å²) in [6.07, 6.45) is 0. The molecule has 0 amide bonds. The molecule has 0 fully saturated rings. The van der Waals surface area contributed by atoms with Crippen molar-refractivity contribution in [3.05, 3.63) is 42.5 Å². The monoisotopic (exact) mass is 245 g/mol. The van der Waals surface area contributed by atoms with Gasteiger partial charge in [0.05, 0.1) is 6.54 Å². The molecule has 0 aromatic heterocycles. The maximum atomic E-state index is 10.3. The molecule has 0 atom stereocenters. The van der Waals surface area contributed by atoms with Gasteiger partial charge in [-0.15, -0.1) is 0 Å². The van der Waals surface area contributed by atoms with Crippen LogP contribution < -0.4 is 10.1 Å². The minimum atomic E-state index is -0.860. The Kier molecular flexibility index (Phi) is 4.15. The Labute approximate surface area is 105 Å². The average Bonchev–Trinajstić information content (AvgIpc) is 2.38. The van der Waals surface area contributed by atoms with Crippen molar-refractivity contribution < 1.29 is 14.6 Å². The SMILES string of the molecule is O=C(O)CNCCOc1ccc2ccccc2c1. The predicted molar refractivity (Wildman–Crippen MR) is 69.9 cm³/mol. The van der Waals surface area contributed by atoms with Gasteiger partial charge in [-0.2, -0.15) is 0 Å². The van der Waals surface area contributed by atoms with Crippen LogP contribution in [0.4, 0.5) is 0 Å². The van der Waals surface area contributed by atoms with E-state index in [1.54, 1.807) is 0 Å². The topological polar surface area (TPSA) is 58.6 Å². The number of carboxylic acids is 1. The van der Waals surface area contributed by atoms with Gasteiger partial charge in [0, 0.05) is 6.54 Å². The van der Waals surface area contributed by atoms with Crippen molar-refractivity contribution >= 4 is 16.7 Å². The molecule has 0 spiro atoms. The fourth-order valence-electron chi connectivity index (χ4n) is 1.69. The molecule has 4 nitrogen and oxygen atoms in total. The van der Waals surface area contributed by atoms with Crippen LogP contribution in [-0.2, 0) is 4.79 Å². The van der Waals surface area contributed by atoms with Crippen molar-refractivity contribution in [2.45, 2.75) is 0 Å². The van der Waals surface area contributed by atoms with Gasteiger partial charge in [-0.3, -0.25) is 4.79 Å². The van der Waals surface area contributed by atoms with Crippen LogP contribution in [-0.4, -0.2) is 30.8 Å². The second-order valence-corrected chi connectivity index (χ2v) is 3.93. The Morgan fingerprint density at radius 2 is 1.94 bits per heavy atom. The van der Waals surface area contributed by atoms with Crippen molar-refractivity contribution in [3.63, 3.8) is 0 Å². The Balaban J connectivity index is 1.86. The van der Waals surface area contributed by atoms with E-state index in [1.165, 1.54) is 5.39 Å². The van der Waals surface area contributed by atoms with E-state index in [2.05, 4.69) is 5.32 Å². The van der Waals surface area contributed by atoms with Gasteiger partial charge in [0.25, 0.3) is 0 Å². The van der Waals surface area contributed by atoms with Crippen molar-refractivity contribution in [1.29, 1.82) is 0 Å². The summed E-state index contributed by atoms with van der Waals surface area (Å²) in [5, 5.41) is 13.5. The van der Waals surface area contributed by atoms with Crippen LogP contribution in [0.25, 0.3) is 10.8 Å². The van der Waals surface area contributed by atoms with Crippen LogP contribution in [0, 0.1) is 0 Å². The first-order valence-corrected chi connectivity index (χ1v) is 5.80. The van der Waals surface area contributed by atoms with Crippen LogP contribution in [0.3, 0.4) is 0 Å². The molecule has 2 rings (SSSR count). The van der Waals surface area contributed by atoms with E-state index in [1.807, 2.05) is 42.5 Å². The lowest BCUT2D eigenvalue weighted by Crippen LogP contribution is -2.26. The molecule has 94 valence electrons. The number of nitrogens with one attached hydrogen (secondary N) is 1. The summed E-state index contributed by atoms with van der Waals surface area (Å²) in [7, 11) is 0. The molecule has 0 saturated heterocycles. The van der Waals surface area contributed by atoms with E-state index in [-0.39, 0.29) is 6.54 Å². The van der Waals surface area contributed by atoms with E-state index in [4.69, 9.17) is 9.84 Å². The molecule has 0 unspecified atom stereocenters. The summed E-state index contributed by atoms with van der Waals surface area (Å²) in [4.78, 5) is 10.3. The second kappa shape index (κ2) is 6.02. The number of hydrogen-bond acceptors (Lipinski definition) is 3. The largest absolute Gasteiger partial charge is 0.492 e. The standard InChI is InChI=1S/C14H15NO3/c16-14(17)10-15-7-8-18-13-6-5-11-3-1-2-4-12(11)9-13/h1-6,9,15H,7-8,10H2,(H,16,17). The summed E-state index contributed by atoms with van der Waals surface area (Å²) in [6, 6.07) is 14.0. The molecular weight excluding hydrogens is 230 g/mol. The van der Waals surface area contributed by atoms with Crippen molar-refractivity contribution in [1.82, 2.24) is 5.32 Å². The van der Waals surface area contributed by atoms with Crippen molar-refractivity contribution in [2.75, 3.05) is 19.7 Å². The molecule has 2 N–H and O–H groups in total. The molecular formula is C14H15NO3. The van der Waals surface area contributed by atoms with E-state index >= 15 is 0 Å². The summed E-state index contributed by atoms with van der Waals surface area (Å²) < 4.78 is 5.54. The second-order valence-electron chi connectivity index (χ2n) is 3.93. The van der Waals surface area contributed by atoms with Crippen molar-refractivity contribution in [3.8, 4) is 5.75 Å². The van der Waals surface area contributed by atoms with Gasteiger partial charge in [-0.1, -0.05) is 30.3 Å². The summed E-state index contributed by atoms with van der Waals surface area (Å²) in [5.41, 5.74) is 0. The zero-order valence-electron chi connectivity index (χ0n) is 9.93. The fraction of sp³-hybridized carbons (Fsp3) is 0.214. The molecule has 0 aliphatic rings. The number of carboxylic acid groups (broad SMARTS) is 1. The molecule has 0 aliphatic heterocycles. The average molecular weight is 245 g/mol. The molecule has 0 radical (unpaired) electrons. The van der Waals surface area contributed by atoms with Crippen LogP contribution in [0.1, 0.15) is 0 Å². The zero-order chi connectivity index (χ0) is 12.8. The first-order chi connectivity index (χ1) is 8.75. The highest BCUT2D eigenvalue weighted by Crippen LogP contribution is 2.20.